The first kappa shape index (κ1) is 15.4. The first-order valence-corrected chi connectivity index (χ1v) is 5.78. The van der Waals surface area contributed by atoms with E-state index in [-0.39, 0.29) is 18.6 Å². The summed E-state index contributed by atoms with van der Waals surface area (Å²) in [5, 5.41) is 8.62. The predicted molar refractivity (Wildman–Crippen MR) is 69.1 cm³/mol. The van der Waals surface area contributed by atoms with Gasteiger partial charge >= 0.3 is 17.9 Å². The number of carbonyl (C=O) groups is 3. The molecule has 0 amide bonds. The van der Waals surface area contributed by atoms with Crippen LogP contribution in [-0.2, 0) is 19.1 Å². The molecule has 1 rings (SSSR count). The maximum atomic E-state index is 11.6. The molecule has 6 heteroatoms. The van der Waals surface area contributed by atoms with Gasteiger partial charge < -0.3 is 14.6 Å². The molecular weight excluding hydrogens is 264 g/mol. The largest absolute Gasteiger partial charge is 0.478 e. The zero-order chi connectivity index (χ0) is 15.0. The number of aliphatic carboxylic acids is 1. The summed E-state index contributed by atoms with van der Waals surface area (Å²) in [7, 11) is 1.15. The molecule has 0 aliphatic carbocycles. The molecule has 20 heavy (non-hydrogen) atoms. The predicted octanol–water partition coefficient (Wildman–Crippen LogP) is 1.42. The van der Waals surface area contributed by atoms with Crippen LogP contribution in [0.1, 0.15) is 16.8 Å². The zero-order valence-electron chi connectivity index (χ0n) is 10.9. The maximum absolute atomic E-state index is 11.6. The van der Waals surface area contributed by atoms with E-state index in [9.17, 15) is 14.4 Å². The van der Waals surface area contributed by atoms with Crippen LogP contribution >= 0.6 is 0 Å². The molecule has 0 saturated heterocycles. The number of hydrogen-bond donors (Lipinski definition) is 1. The second-order valence-electron chi connectivity index (χ2n) is 3.75. The summed E-state index contributed by atoms with van der Waals surface area (Å²) in [6.07, 6.45) is 0.708. The van der Waals surface area contributed by atoms with Crippen molar-refractivity contribution in [2.75, 3.05) is 13.7 Å². The highest BCUT2D eigenvalue weighted by atomic mass is 16.5. The third kappa shape index (κ3) is 4.93. The Hall–Kier alpha value is -2.63. The van der Waals surface area contributed by atoms with Crippen molar-refractivity contribution in [2.45, 2.75) is 6.42 Å². The number of benzene rings is 1. The summed E-state index contributed by atoms with van der Waals surface area (Å²) in [5.41, 5.74) is 0.315. The van der Waals surface area contributed by atoms with Crippen LogP contribution in [0.5, 0.6) is 0 Å². The van der Waals surface area contributed by atoms with E-state index in [0.717, 1.165) is 13.2 Å². The number of carboxylic acids is 1. The van der Waals surface area contributed by atoms with Gasteiger partial charge in [-0.3, -0.25) is 0 Å². The number of carboxylic acid groups (broad SMARTS) is 1. The first-order chi connectivity index (χ1) is 9.54. The van der Waals surface area contributed by atoms with Crippen molar-refractivity contribution in [2.24, 2.45) is 0 Å². The van der Waals surface area contributed by atoms with Gasteiger partial charge in [0.25, 0.3) is 0 Å². The minimum Gasteiger partial charge on any atom is -0.478 e. The highest BCUT2D eigenvalue weighted by Crippen LogP contribution is 2.07. The van der Waals surface area contributed by atoms with E-state index in [1.807, 2.05) is 0 Å². The molecule has 0 fully saturated rings. The van der Waals surface area contributed by atoms with E-state index in [1.54, 1.807) is 30.3 Å². The van der Waals surface area contributed by atoms with Crippen LogP contribution in [0.2, 0.25) is 0 Å². The topological polar surface area (TPSA) is 89.9 Å². The summed E-state index contributed by atoms with van der Waals surface area (Å²) in [6.45, 7) is -0.109. The average Bonchev–Trinajstić information content (AvgIpc) is 2.45. The Morgan fingerprint density at radius 1 is 1.20 bits per heavy atom. The van der Waals surface area contributed by atoms with Crippen LogP contribution in [0.3, 0.4) is 0 Å². The van der Waals surface area contributed by atoms with E-state index in [4.69, 9.17) is 9.84 Å². The molecule has 0 heterocycles. The average molecular weight is 278 g/mol. The van der Waals surface area contributed by atoms with Crippen molar-refractivity contribution in [1.29, 1.82) is 0 Å². The Kier molecular flexibility index (Phi) is 5.96. The molecule has 0 radical (unpaired) electrons. The number of rotatable bonds is 6. The molecule has 0 spiro atoms. The van der Waals surface area contributed by atoms with E-state index < -0.39 is 17.9 Å². The molecule has 6 nitrogen and oxygen atoms in total. The Bertz CT molecular complexity index is 518. The smallest absolute Gasteiger partial charge is 0.338 e. The molecular formula is C14H14O6. The van der Waals surface area contributed by atoms with Gasteiger partial charge in [-0.15, -0.1) is 0 Å². The second kappa shape index (κ2) is 7.73. The van der Waals surface area contributed by atoms with Gasteiger partial charge in [0, 0.05) is 18.1 Å². The maximum Gasteiger partial charge on any atom is 0.338 e. The van der Waals surface area contributed by atoms with Crippen LogP contribution in [0, 0.1) is 0 Å². The number of esters is 2. The summed E-state index contributed by atoms with van der Waals surface area (Å²) in [5.74, 6) is -2.56. The van der Waals surface area contributed by atoms with Crippen molar-refractivity contribution in [3.63, 3.8) is 0 Å². The standard InChI is InChI=1S/C14H14O6/c1-19-13(17)11(9-12(15)16)7-8-20-14(18)10-5-3-2-4-6-10/h2-6,9H,7-8H2,1H3,(H,15,16). The van der Waals surface area contributed by atoms with Crippen LogP contribution < -0.4 is 0 Å². The van der Waals surface area contributed by atoms with Gasteiger partial charge in [0.05, 0.1) is 19.3 Å². The lowest BCUT2D eigenvalue weighted by atomic mass is 10.2. The van der Waals surface area contributed by atoms with Gasteiger partial charge in [-0.1, -0.05) is 18.2 Å². The van der Waals surface area contributed by atoms with Gasteiger partial charge in [-0.05, 0) is 12.1 Å². The molecule has 0 aliphatic heterocycles. The van der Waals surface area contributed by atoms with Crippen molar-refractivity contribution in [3.05, 3.63) is 47.5 Å². The highest BCUT2D eigenvalue weighted by molar-refractivity contribution is 5.95. The van der Waals surface area contributed by atoms with Gasteiger partial charge in [-0.25, -0.2) is 14.4 Å². The molecule has 0 saturated carbocycles. The van der Waals surface area contributed by atoms with E-state index in [1.165, 1.54) is 0 Å². The lowest BCUT2D eigenvalue weighted by Gasteiger charge is -2.06. The summed E-state index contributed by atoms with van der Waals surface area (Å²) in [4.78, 5) is 33.5. The summed E-state index contributed by atoms with van der Waals surface area (Å²) < 4.78 is 9.40. The fourth-order valence-electron chi connectivity index (χ4n) is 1.42. The van der Waals surface area contributed by atoms with Gasteiger partial charge in [-0.2, -0.15) is 0 Å². The quantitative estimate of drug-likeness (QED) is 0.625. The lowest BCUT2D eigenvalue weighted by Crippen LogP contribution is -2.12. The molecule has 0 unspecified atom stereocenters. The Labute approximate surface area is 115 Å². The summed E-state index contributed by atoms with van der Waals surface area (Å²) in [6, 6.07) is 8.34. The monoisotopic (exact) mass is 278 g/mol. The third-order valence-corrected chi connectivity index (χ3v) is 2.36. The number of methoxy groups -OCH3 is 1. The molecule has 106 valence electrons. The van der Waals surface area contributed by atoms with Crippen LogP contribution in [0.15, 0.2) is 42.0 Å². The molecule has 0 bridgehead atoms. The van der Waals surface area contributed by atoms with Crippen molar-refractivity contribution in [1.82, 2.24) is 0 Å². The fourth-order valence-corrected chi connectivity index (χ4v) is 1.42. The highest BCUT2D eigenvalue weighted by Gasteiger charge is 2.13. The van der Waals surface area contributed by atoms with Crippen molar-refractivity contribution >= 4 is 17.9 Å². The molecule has 0 atom stereocenters. The zero-order valence-corrected chi connectivity index (χ0v) is 10.9. The minimum atomic E-state index is -1.26. The lowest BCUT2D eigenvalue weighted by molar-refractivity contribution is -0.137. The van der Waals surface area contributed by atoms with Crippen molar-refractivity contribution < 1.29 is 29.0 Å². The van der Waals surface area contributed by atoms with Gasteiger partial charge in [0.1, 0.15) is 0 Å². The molecule has 0 aliphatic rings. The third-order valence-electron chi connectivity index (χ3n) is 2.36. The second-order valence-corrected chi connectivity index (χ2v) is 3.75. The Balaban J connectivity index is 2.55. The SMILES string of the molecule is COC(=O)C(=CC(=O)O)CCOC(=O)c1ccccc1. The number of carbonyl (C=O) groups excluding carboxylic acids is 2. The Morgan fingerprint density at radius 3 is 2.40 bits per heavy atom. The van der Waals surface area contributed by atoms with E-state index in [0.29, 0.717) is 5.56 Å². The molecule has 1 aromatic rings. The van der Waals surface area contributed by atoms with Gasteiger partial charge in [0.15, 0.2) is 0 Å². The van der Waals surface area contributed by atoms with Crippen LogP contribution in [-0.4, -0.2) is 36.7 Å². The molecule has 0 aromatic heterocycles. The van der Waals surface area contributed by atoms with Crippen molar-refractivity contribution in [3.8, 4) is 0 Å². The number of hydrogen-bond acceptors (Lipinski definition) is 5. The normalized spacial score (nSPS) is 10.8. The molecule has 1 N–H and O–H groups in total. The number of ether oxygens (including phenoxy) is 2. The molecule has 1 aromatic carbocycles. The van der Waals surface area contributed by atoms with E-state index in [2.05, 4.69) is 4.74 Å². The van der Waals surface area contributed by atoms with Crippen LogP contribution in [0.25, 0.3) is 0 Å². The summed E-state index contributed by atoms with van der Waals surface area (Å²) >= 11 is 0. The first-order valence-electron chi connectivity index (χ1n) is 5.78. The minimum absolute atomic E-state index is 0.0302. The van der Waals surface area contributed by atoms with E-state index >= 15 is 0 Å². The Morgan fingerprint density at radius 2 is 1.85 bits per heavy atom. The fraction of sp³-hybridized carbons (Fsp3) is 0.214. The van der Waals surface area contributed by atoms with Gasteiger partial charge in [0.2, 0.25) is 0 Å². The van der Waals surface area contributed by atoms with Crippen LogP contribution in [0.4, 0.5) is 0 Å².